The fourth-order valence-corrected chi connectivity index (χ4v) is 5.06. The van der Waals surface area contributed by atoms with Gasteiger partial charge in [0, 0.05) is 10.9 Å². The maximum atomic E-state index is 12.8. The molecule has 2 aromatic carbocycles. The van der Waals surface area contributed by atoms with Crippen molar-refractivity contribution < 1.29 is 14.3 Å². The van der Waals surface area contributed by atoms with Crippen LogP contribution in [-0.4, -0.2) is 39.3 Å². The minimum atomic E-state index is 0.0108. The molecule has 0 spiro atoms. The zero-order chi connectivity index (χ0) is 20.7. The van der Waals surface area contributed by atoms with Gasteiger partial charge in [0.05, 0.1) is 11.4 Å². The molecule has 0 amide bonds. The van der Waals surface area contributed by atoms with Crippen LogP contribution in [0.5, 0.6) is 11.5 Å². The zero-order valence-electron chi connectivity index (χ0n) is 16.5. The van der Waals surface area contributed by atoms with E-state index in [1.54, 1.807) is 29.5 Å². The highest BCUT2D eigenvalue weighted by atomic mass is 32.2. The van der Waals surface area contributed by atoms with Gasteiger partial charge in [-0.1, -0.05) is 23.9 Å². The lowest BCUT2D eigenvalue weighted by molar-refractivity contribution is 0.102. The quantitative estimate of drug-likeness (QED) is 0.329. The van der Waals surface area contributed by atoms with Gasteiger partial charge in [-0.2, -0.15) is 0 Å². The van der Waals surface area contributed by atoms with Crippen molar-refractivity contribution >= 4 is 33.8 Å². The number of hydrogen-bond acceptors (Lipinski definition) is 7. The normalized spacial score (nSPS) is 13.0. The third-order valence-electron chi connectivity index (χ3n) is 5.12. The third-order valence-corrected chi connectivity index (χ3v) is 6.86. The van der Waals surface area contributed by atoms with Crippen molar-refractivity contribution in [2.45, 2.75) is 19.0 Å². The average Bonchev–Trinajstić information content (AvgIpc) is 3.36. The fraction of sp³-hybridized carbons (Fsp3) is 0.227. The molecule has 0 saturated carbocycles. The highest BCUT2D eigenvalue weighted by Gasteiger charge is 2.18. The summed E-state index contributed by atoms with van der Waals surface area (Å²) in [7, 11) is 0. The van der Waals surface area contributed by atoms with Gasteiger partial charge in [-0.25, -0.2) is 0 Å². The van der Waals surface area contributed by atoms with Crippen LogP contribution in [-0.2, 0) is 0 Å². The van der Waals surface area contributed by atoms with Gasteiger partial charge in [0.25, 0.3) is 0 Å². The molecule has 0 radical (unpaired) electrons. The minimum absolute atomic E-state index is 0.0108. The lowest BCUT2D eigenvalue weighted by atomic mass is 10.1. The Morgan fingerprint density at radius 3 is 2.73 bits per heavy atom. The van der Waals surface area contributed by atoms with E-state index in [0.717, 1.165) is 16.2 Å². The second-order valence-corrected chi connectivity index (χ2v) is 8.87. The first-order valence-electron chi connectivity index (χ1n) is 9.56. The smallest absolute Gasteiger partial charge is 0.217 e. The van der Waals surface area contributed by atoms with Crippen LogP contribution in [0.3, 0.4) is 0 Å². The molecule has 1 aliphatic rings. The molecular weight excluding hydrogens is 418 g/mol. The molecule has 1 aliphatic heterocycles. The molecule has 0 atom stereocenters. The predicted molar refractivity (Wildman–Crippen MR) is 118 cm³/mol. The SMILES string of the molecule is Cc1ccc(-c2csc3nnc(SCC(=O)c4ccc5c(c4)OCCO5)n23)cc1C. The van der Waals surface area contributed by atoms with Gasteiger partial charge in [-0.05, 0) is 54.8 Å². The number of carbonyl (C=O) groups excluding carboxylic acids is 1. The first-order chi connectivity index (χ1) is 14.6. The van der Waals surface area contributed by atoms with Gasteiger partial charge in [0.1, 0.15) is 13.2 Å². The maximum Gasteiger partial charge on any atom is 0.217 e. The van der Waals surface area contributed by atoms with Crippen LogP contribution in [0.2, 0.25) is 0 Å². The van der Waals surface area contributed by atoms with Crippen LogP contribution < -0.4 is 9.47 Å². The Bertz CT molecular complexity index is 1260. The molecule has 0 bridgehead atoms. The Kier molecular flexibility index (Phi) is 4.96. The molecule has 0 N–H and O–H groups in total. The molecular formula is C22H19N3O3S2. The topological polar surface area (TPSA) is 65.7 Å². The zero-order valence-corrected chi connectivity index (χ0v) is 18.2. The maximum absolute atomic E-state index is 12.8. The molecule has 152 valence electrons. The second kappa shape index (κ2) is 7.77. The standard InChI is InChI=1S/C22H19N3O3S2/c1-13-3-4-15(9-14(13)2)17-11-29-21-23-24-22(25(17)21)30-12-18(26)16-5-6-19-20(10-16)28-8-7-27-19/h3-6,9-11H,7-8,12H2,1-2H3. The molecule has 0 aliphatic carbocycles. The number of hydrogen-bond donors (Lipinski definition) is 0. The molecule has 8 heteroatoms. The van der Waals surface area contributed by atoms with Crippen LogP contribution in [0.25, 0.3) is 16.2 Å². The lowest BCUT2D eigenvalue weighted by Crippen LogP contribution is -2.16. The van der Waals surface area contributed by atoms with Gasteiger partial charge >= 0.3 is 0 Å². The summed E-state index contributed by atoms with van der Waals surface area (Å²) in [6.45, 7) is 5.24. The highest BCUT2D eigenvalue weighted by molar-refractivity contribution is 7.99. The number of fused-ring (bicyclic) bond motifs is 2. The number of rotatable bonds is 5. The first-order valence-corrected chi connectivity index (χ1v) is 11.4. The van der Waals surface area contributed by atoms with E-state index in [2.05, 4.69) is 47.6 Å². The number of thioether (sulfide) groups is 1. The van der Waals surface area contributed by atoms with Crippen molar-refractivity contribution in [3.63, 3.8) is 0 Å². The Labute approximate surface area is 181 Å². The number of nitrogens with zero attached hydrogens (tertiary/aromatic N) is 3. The molecule has 4 aromatic rings. The summed E-state index contributed by atoms with van der Waals surface area (Å²) in [4.78, 5) is 13.6. The van der Waals surface area contributed by atoms with Gasteiger partial charge < -0.3 is 9.47 Å². The van der Waals surface area contributed by atoms with E-state index in [1.165, 1.54) is 22.9 Å². The van der Waals surface area contributed by atoms with E-state index in [0.29, 0.717) is 35.4 Å². The van der Waals surface area contributed by atoms with E-state index in [-0.39, 0.29) is 11.5 Å². The molecule has 30 heavy (non-hydrogen) atoms. The van der Waals surface area contributed by atoms with Crippen LogP contribution in [0, 0.1) is 13.8 Å². The van der Waals surface area contributed by atoms with E-state index >= 15 is 0 Å². The Morgan fingerprint density at radius 1 is 1.07 bits per heavy atom. The summed E-state index contributed by atoms with van der Waals surface area (Å²) in [6, 6.07) is 11.7. The fourth-order valence-electron chi connectivity index (χ4n) is 3.32. The minimum Gasteiger partial charge on any atom is -0.486 e. The van der Waals surface area contributed by atoms with Gasteiger partial charge in [-0.15, -0.1) is 21.5 Å². The van der Waals surface area contributed by atoms with E-state index in [4.69, 9.17) is 9.47 Å². The van der Waals surface area contributed by atoms with Crippen LogP contribution in [0.15, 0.2) is 46.9 Å². The van der Waals surface area contributed by atoms with Gasteiger partial charge in [0.2, 0.25) is 4.96 Å². The largest absolute Gasteiger partial charge is 0.486 e. The molecule has 0 saturated heterocycles. The predicted octanol–water partition coefficient (Wildman–Crippen LogP) is 4.82. The number of thiazole rings is 1. The first kappa shape index (κ1) is 19.1. The number of ketones is 1. The Hall–Kier alpha value is -2.84. The summed E-state index contributed by atoms with van der Waals surface area (Å²) in [5.41, 5.74) is 5.25. The summed E-state index contributed by atoms with van der Waals surface area (Å²) in [6.07, 6.45) is 0. The number of ether oxygens (including phenoxy) is 2. The lowest BCUT2D eigenvalue weighted by Gasteiger charge is -2.18. The van der Waals surface area contributed by atoms with Gasteiger partial charge in [0.15, 0.2) is 22.4 Å². The van der Waals surface area contributed by atoms with Gasteiger partial charge in [-0.3, -0.25) is 9.20 Å². The Balaban J connectivity index is 1.39. The Morgan fingerprint density at radius 2 is 1.90 bits per heavy atom. The molecule has 2 aromatic heterocycles. The van der Waals surface area contributed by atoms with Crippen molar-refractivity contribution in [1.29, 1.82) is 0 Å². The number of aryl methyl sites for hydroxylation is 2. The number of benzene rings is 2. The van der Waals surface area contributed by atoms with E-state index < -0.39 is 0 Å². The second-order valence-electron chi connectivity index (χ2n) is 7.09. The van der Waals surface area contributed by atoms with Crippen molar-refractivity contribution in [3.05, 3.63) is 58.5 Å². The molecule has 6 nitrogen and oxygen atoms in total. The highest BCUT2D eigenvalue weighted by Crippen LogP contribution is 2.33. The van der Waals surface area contributed by atoms with Crippen LogP contribution in [0.1, 0.15) is 21.5 Å². The number of carbonyl (C=O) groups is 1. The monoisotopic (exact) mass is 437 g/mol. The summed E-state index contributed by atoms with van der Waals surface area (Å²) >= 11 is 2.94. The van der Waals surface area contributed by atoms with Crippen molar-refractivity contribution in [1.82, 2.24) is 14.6 Å². The van der Waals surface area contributed by atoms with E-state index in [1.807, 2.05) is 4.40 Å². The van der Waals surface area contributed by atoms with Crippen LogP contribution in [0.4, 0.5) is 0 Å². The summed E-state index contributed by atoms with van der Waals surface area (Å²) in [5, 5.41) is 11.4. The number of Topliss-reactive ketones (excluding diaryl/α,β-unsaturated/α-hetero) is 1. The van der Waals surface area contributed by atoms with Crippen molar-refractivity contribution in [2.24, 2.45) is 0 Å². The van der Waals surface area contributed by atoms with Crippen LogP contribution >= 0.6 is 23.1 Å². The molecule has 0 unspecified atom stereocenters. The summed E-state index contributed by atoms with van der Waals surface area (Å²) in [5.74, 6) is 1.58. The van der Waals surface area contributed by atoms with Crippen molar-refractivity contribution in [3.8, 4) is 22.8 Å². The number of aromatic nitrogens is 3. The summed E-state index contributed by atoms with van der Waals surface area (Å²) < 4.78 is 13.1. The molecule has 3 heterocycles. The average molecular weight is 438 g/mol. The third kappa shape index (κ3) is 3.46. The molecule has 0 fully saturated rings. The van der Waals surface area contributed by atoms with E-state index in [9.17, 15) is 4.79 Å². The molecule has 5 rings (SSSR count). The van der Waals surface area contributed by atoms with Crippen molar-refractivity contribution in [2.75, 3.05) is 19.0 Å².